The summed E-state index contributed by atoms with van der Waals surface area (Å²) in [6.07, 6.45) is 1.44. The number of carbonyl (C=O) groups excluding carboxylic acids is 1. The van der Waals surface area contributed by atoms with Gasteiger partial charge in [0.05, 0.1) is 12.9 Å². The topological polar surface area (TPSA) is 71.7 Å². The fourth-order valence-electron chi connectivity index (χ4n) is 1.58. The van der Waals surface area contributed by atoms with Crippen molar-refractivity contribution in [2.45, 2.75) is 6.61 Å². The summed E-state index contributed by atoms with van der Waals surface area (Å²) < 4.78 is 10.7. The van der Waals surface area contributed by atoms with Crippen LogP contribution in [-0.2, 0) is 6.61 Å². The number of nitrogens with one attached hydrogen (secondary N) is 1. The Morgan fingerprint density at radius 1 is 1.26 bits per heavy atom. The quantitative estimate of drug-likeness (QED) is 0.828. The van der Waals surface area contributed by atoms with E-state index in [0.29, 0.717) is 5.56 Å². The van der Waals surface area contributed by atoms with Gasteiger partial charge in [-0.3, -0.25) is 4.79 Å². The van der Waals surface area contributed by atoms with Gasteiger partial charge in [-0.15, -0.1) is 0 Å². The molecule has 100 valence electrons. The lowest BCUT2D eigenvalue weighted by Gasteiger charge is -2.06. The maximum absolute atomic E-state index is 11.7. The molecule has 0 fully saturated rings. The molecule has 0 radical (unpaired) electrons. The Labute approximate surface area is 110 Å². The van der Waals surface area contributed by atoms with Gasteiger partial charge in [-0.2, -0.15) is 0 Å². The van der Waals surface area contributed by atoms with Crippen molar-refractivity contribution >= 4 is 5.91 Å². The zero-order valence-electron chi connectivity index (χ0n) is 10.3. The minimum atomic E-state index is -0.356. The fourth-order valence-corrected chi connectivity index (χ4v) is 1.58. The molecule has 1 aromatic carbocycles. The van der Waals surface area contributed by atoms with Gasteiger partial charge in [-0.1, -0.05) is 18.2 Å². The molecule has 0 bridgehead atoms. The third kappa shape index (κ3) is 3.59. The smallest absolute Gasteiger partial charge is 0.287 e. The van der Waals surface area contributed by atoms with Crippen LogP contribution >= 0.6 is 0 Å². The average molecular weight is 261 g/mol. The molecule has 0 saturated carbocycles. The highest BCUT2D eigenvalue weighted by molar-refractivity contribution is 5.92. The van der Waals surface area contributed by atoms with Crippen molar-refractivity contribution in [1.29, 1.82) is 0 Å². The molecule has 0 saturated heterocycles. The molecular weight excluding hydrogens is 246 g/mol. The van der Waals surface area contributed by atoms with E-state index in [1.54, 1.807) is 6.07 Å². The van der Waals surface area contributed by atoms with Gasteiger partial charge in [0.15, 0.2) is 5.76 Å². The summed E-state index contributed by atoms with van der Waals surface area (Å²) in [7, 11) is 0. The number of aliphatic hydroxyl groups excluding tert-OH is 1. The van der Waals surface area contributed by atoms with E-state index in [-0.39, 0.29) is 31.4 Å². The molecule has 0 spiro atoms. The second kappa shape index (κ2) is 6.61. The highest BCUT2D eigenvalue weighted by atomic mass is 16.5. The summed E-state index contributed by atoms with van der Waals surface area (Å²) in [6, 6.07) is 11.0. The van der Waals surface area contributed by atoms with Gasteiger partial charge >= 0.3 is 0 Å². The number of ether oxygens (including phenoxy) is 1. The van der Waals surface area contributed by atoms with Crippen LogP contribution in [0.25, 0.3) is 0 Å². The summed E-state index contributed by atoms with van der Waals surface area (Å²) in [4.78, 5) is 11.7. The number of rotatable bonds is 6. The minimum Gasteiger partial charge on any atom is -0.489 e. The van der Waals surface area contributed by atoms with Gasteiger partial charge < -0.3 is 19.6 Å². The lowest BCUT2D eigenvalue weighted by atomic mass is 10.2. The van der Waals surface area contributed by atoms with Gasteiger partial charge in [0.2, 0.25) is 0 Å². The van der Waals surface area contributed by atoms with E-state index in [2.05, 4.69) is 5.32 Å². The van der Waals surface area contributed by atoms with E-state index in [9.17, 15) is 4.79 Å². The molecule has 2 N–H and O–H groups in total. The molecule has 0 aliphatic carbocycles. The molecule has 0 aliphatic rings. The molecule has 1 heterocycles. The Kier molecular flexibility index (Phi) is 4.58. The van der Waals surface area contributed by atoms with Gasteiger partial charge in [-0.25, -0.2) is 0 Å². The van der Waals surface area contributed by atoms with E-state index >= 15 is 0 Å². The number of carbonyl (C=O) groups is 1. The lowest BCUT2D eigenvalue weighted by Crippen LogP contribution is -2.26. The first-order chi connectivity index (χ1) is 9.31. The van der Waals surface area contributed by atoms with Crippen molar-refractivity contribution in [1.82, 2.24) is 5.32 Å². The van der Waals surface area contributed by atoms with Crippen molar-refractivity contribution in [3.63, 3.8) is 0 Å². The number of benzene rings is 1. The van der Waals surface area contributed by atoms with Crippen molar-refractivity contribution in [2.24, 2.45) is 0 Å². The van der Waals surface area contributed by atoms with Crippen LogP contribution in [0.2, 0.25) is 0 Å². The Bertz CT molecular complexity index is 521. The van der Waals surface area contributed by atoms with Gasteiger partial charge in [0.1, 0.15) is 12.4 Å². The molecule has 0 atom stereocenters. The molecule has 0 aliphatic heterocycles. The molecule has 19 heavy (non-hydrogen) atoms. The van der Waals surface area contributed by atoms with Crippen LogP contribution in [-0.4, -0.2) is 24.2 Å². The largest absolute Gasteiger partial charge is 0.489 e. The first-order valence-corrected chi connectivity index (χ1v) is 5.94. The van der Waals surface area contributed by atoms with Crippen LogP contribution < -0.4 is 10.1 Å². The van der Waals surface area contributed by atoms with Crippen molar-refractivity contribution in [2.75, 3.05) is 13.2 Å². The zero-order valence-corrected chi connectivity index (χ0v) is 10.3. The third-order valence-corrected chi connectivity index (χ3v) is 2.49. The normalized spacial score (nSPS) is 10.2. The number of para-hydroxylation sites is 1. The monoisotopic (exact) mass is 261 g/mol. The molecular formula is C14H15NO4. The predicted octanol–water partition coefficient (Wildman–Crippen LogP) is 1.58. The van der Waals surface area contributed by atoms with Crippen LogP contribution in [0.3, 0.4) is 0 Å². The second-order valence-electron chi connectivity index (χ2n) is 3.86. The zero-order chi connectivity index (χ0) is 13.5. The summed E-state index contributed by atoms with van der Waals surface area (Å²) in [5, 5.41) is 11.2. The molecule has 2 aromatic rings. The summed E-state index contributed by atoms with van der Waals surface area (Å²) in [5.74, 6) is 0.584. The van der Waals surface area contributed by atoms with Crippen molar-refractivity contribution in [3.8, 4) is 5.75 Å². The van der Waals surface area contributed by atoms with Crippen molar-refractivity contribution in [3.05, 3.63) is 54.0 Å². The molecule has 5 nitrogen and oxygen atoms in total. The Morgan fingerprint density at radius 2 is 2.05 bits per heavy atom. The number of furan rings is 1. The number of hydrogen-bond acceptors (Lipinski definition) is 4. The highest BCUT2D eigenvalue weighted by Gasteiger charge is 2.15. The Morgan fingerprint density at radius 3 is 2.79 bits per heavy atom. The van der Waals surface area contributed by atoms with E-state index in [4.69, 9.17) is 14.3 Å². The van der Waals surface area contributed by atoms with Gasteiger partial charge in [0.25, 0.3) is 5.91 Å². The van der Waals surface area contributed by atoms with E-state index in [0.717, 1.165) is 5.75 Å². The van der Waals surface area contributed by atoms with Gasteiger partial charge in [0, 0.05) is 12.1 Å². The Balaban J connectivity index is 1.98. The van der Waals surface area contributed by atoms with E-state index in [1.165, 1.54) is 6.26 Å². The van der Waals surface area contributed by atoms with Crippen molar-refractivity contribution < 1.29 is 19.1 Å². The fraction of sp³-hybridized carbons (Fsp3) is 0.214. The second-order valence-corrected chi connectivity index (χ2v) is 3.86. The summed E-state index contributed by atoms with van der Waals surface area (Å²) >= 11 is 0. The summed E-state index contributed by atoms with van der Waals surface area (Å²) in [5.41, 5.74) is 0.666. The van der Waals surface area contributed by atoms with E-state index in [1.807, 2.05) is 30.3 Å². The van der Waals surface area contributed by atoms with Crippen LogP contribution in [0.1, 0.15) is 16.1 Å². The predicted molar refractivity (Wildman–Crippen MR) is 68.9 cm³/mol. The first-order valence-electron chi connectivity index (χ1n) is 5.94. The molecule has 1 aromatic heterocycles. The number of amides is 1. The maximum atomic E-state index is 11.7. The van der Waals surface area contributed by atoms with Crippen LogP contribution in [0.5, 0.6) is 5.75 Å². The standard InChI is InChI=1S/C14H15NO4/c16-8-7-15-14(17)13-11(6-9-18-13)10-19-12-4-2-1-3-5-12/h1-6,9,16H,7-8,10H2,(H,15,17). The molecule has 0 unspecified atom stereocenters. The van der Waals surface area contributed by atoms with Crippen LogP contribution in [0, 0.1) is 0 Å². The Hall–Kier alpha value is -2.27. The van der Waals surface area contributed by atoms with Crippen LogP contribution in [0.4, 0.5) is 0 Å². The minimum absolute atomic E-state index is 0.109. The SMILES string of the molecule is O=C(NCCO)c1occc1COc1ccccc1. The summed E-state index contributed by atoms with van der Waals surface area (Å²) in [6.45, 7) is 0.337. The average Bonchev–Trinajstić information content (AvgIpc) is 2.92. The highest BCUT2D eigenvalue weighted by Crippen LogP contribution is 2.15. The number of hydrogen-bond donors (Lipinski definition) is 2. The van der Waals surface area contributed by atoms with E-state index < -0.39 is 0 Å². The third-order valence-electron chi connectivity index (χ3n) is 2.49. The lowest BCUT2D eigenvalue weighted by molar-refractivity contribution is 0.0913. The first kappa shape index (κ1) is 13.2. The molecule has 2 rings (SSSR count). The van der Waals surface area contributed by atoms with Gasteiger partial charge in [-0.05, 0) is 18.2 Å². The maximum Gasteiger partial charge on any atom is 0.287 e. The number of aliphatic hydroxyl groups is 1. The van der Waals surface area contributed by atoms with Crippen LogP contribution in [0.15, 0.2) is 47.1 Å². The molecule has 5 heteroatoms. The molecule has 1 amide bonds.